The summed E-state index contributed by atoms with van der Waals surface area (Å²) in [6, 6.07) is 6.97. The molecule has 1 unspecified atom stereocenters. The molecule has 0 radical (unpaired) electrons. The third-order valence-corrected chi connectivity index (χ3v) is 3.17. The van der Waals surface area contributed by atoms with Crippen LogP contribution in [0.15, 0.2) is 42.9 Å². The van der Waals surface area contributed by atoms with Crippen LogP contribution in [-0.4, -0.2) is 27.5 Å². The zero-order valence-electron chi connectivity index (χ0n) is 10.9. The first-order chi connectivity index (χ1) is 9.50. The fourth-order valence-corrected chi connectivity index (χ4v) is 2.09. The first-order valence-corrected chi connectivity index (χ1v) is 6.40. The van der Waals surface area contributed by atoms with Gasteiger partial charge in [-0.25, -0.2) is 4.98 Å². The van der Waals surface area contributed by atoms with E-state index in [1.54, 1.807) is 31.2 Å². The number of aromatic nitrogens is 2. The number of rotatable bonds is 4. The summed E-state index contributed by atoms with van der Waals surface area (Å²) in [5.41, 5.74) is -0.514. The summed E-state index contributed by atoms with van der Waals surface area (Å²) in [4.78, 5) is 19.6. The number of nitrogens with one attached hydrogen (secondary N) is 1. The number of carbonyl (C=O) groups is 1. The van der Waals surface area contributed by atoms with Gasteiger partial charge in [0, 0.05) is 23.0 Å². The minimum Gasteiger partial charge on any atom is -0.384 e. The molecule has 0 bridgehead atoms. The van der Waals surface area contributed by atoms with Gasteiger partial charge in [-0.1, -0.05) is 29.8 Å². The van der Waals surface area contributed by atoms with Crippen molar-refractivity contribution in [3.05, 3.63) is 59.1 Å². The van der Waals surface area contributed by atoms with Crippen molar-refractivity contribution >= 4 is 17.5 Å². The molecule has 0 aliphatic heterocycles. The van der Waals surface area contributed by atoms with E-state index in [0.29, 0.717) is 10.6 Å². The Hall–Kier alpha value is -1.98. The average Bonchev–Trinajstić information content (AvgIpc) is 2.46. The number of hydrogen-bond acceptors (Lipinski definition) is 4. The summed E-state index contributed by atoms with van der Waals surface area (Å²) in [6.07, 6.45) is 4.28. The summed E-state index contributed by atoms with van der Waals surface area (Å²) in [7, 11) is 0. The van der Waals surface area contributed by atoms with Gasteiger partial charge in [0.2, 0.25) is 0 Å². The normalized spacial score (nSPS) is 13.6. The molecule has 5 nitrogen and oxygen atoms in total. The average molecular weight is 292 g/mol. The molecule has 1 aromatic carbocycles. The van der Waals surface area contributed by atoms with Crippen molar-refractivity contribution in [2.24, 2.45) is 0 Å². The van der Waals surface area contributed by atoms with Gasteiger partial charge in [0.1, 0.15) is 11.3 Å². The van der Waals surface area contributed by atoms with Gasteiger partial charge in [0.15, 0.2) is 0 Å². The number of carbonyl (C=O) groups excluding carboxylic acids is 1. The Labute approximate surface area is 121 Å². The van der Waals surface area contributed by atoms with E-state index in [1.807, 2.05) is 0 Å². The van der Waals surface area contributed by atoms with Crippen molar-refractivity contribution in [3.63, 3.8) is 0 Å². The second kappa shape index (κ2) is 5.98. The van der Waals surface area contributed by atoms with E-state index < -0.39 is 11.5 Å². The van der Waals surface area contributed by atoms with Crippen LogP contribution in [-0.2, 0) is 5.60 Å². The van der Waals surface area contributed by atoms with Crippen molar-refractivity contribution in [2.45, 2.75) is 12.5 Å². The lowest BCUT2D eigenvalue weighted by Crippen LogP contribution is -2.39. The first-order valence-electron chi connectivity index (χ1n) is 6.02. The third-order valence-electron chi connectivity index (χ3n) is 2.84. The number of nitrogens with zero attached hydrogens (tertiary/aromatic N) is 2. The molecule has 6 heteroatoms. The molecule has 2 aromatic rings. The molecule has 0 spiro atoms. The highest BCUT2D eigenvalue weighted by Crippen LogP contribution is 2.27. The quantitative estimate of drug-likeness (QED) is 0.900. The number of amides is 1. The van der Waals surface area contributed by atoms with Crippen LogP contribution in [0.2, 0.25) is 5.02 Å². The van der Waals surface area contributed by atoms with Crippen LogP contribution < -0.4 is 5.32 Å². The largest absolute Gasteiger partial charge is 0.384 e. The number of aliphatic hydroxyl groups is 1. The van der Waals surface area contributed by atoms with Gasteiger partial charge in [-0.05, 0) is 13.0 Å². The van der Waals surface area contributed by atoms with Crippen LogP contribution in [0, 0.1) is 0 Å². The van der Waals surface area contributed by atoms with Gasteiger partial charge in [0.25, 0.3) is 5.91 Å². The topological polar surface area (TPSA) is 75.1 Å². The molecule has 104 valence electrons. The molecule has 1 heterocycles. The SMILES string of the molecule is CC(O)(CNC(=O)c1cnccn1)c1ccccc1Cl. The standard InChI is InChI=1S/C14H14ClN3O2/c1-14(20,10-4-2-3-5-11(10)15)9-18-13(19)12-8-16-6-7-17-12/h2-8,20H,9H2,1H3,(H,18,19). The van der Waals surface area contributed by atoms with Gasteiger partial charge in [0.05, 0.1) is 12.7 Å². The maximum Gasteiger partial charge on any atom is 0.271 e. The van der Waals surface area contributed by atoms with Crippen LogP contribution in [0.3, 0.4) is 0 Å². The van der Waals surface area contributed by atoms with Crippen LogP contribution in [0.4, 0.5) is 0 Å². The molecular weight excluding hydrogens is 278 g/mol. The lowest BCUT2D eigenvalue weighted by molar-refractivity contribution is 0.0525. The van der Waals surface area contributed by atoms with Crippen LogP contribution in [0.5, 0.6) is 0 Å². The van der Waals surface area contributed by atoms with Crippen LogP contribution in [0.1, 0.15) is 23.0 Å². The molecule has 0 aliphatic carbocycles. The van der Waals surface area contributed by atoms with Crippen molar-refractivity contribution in [2.75, 3.05) is 6.54 Å². The molecule has 20 heavy (non-hydrogen) atoms. The molecule has 0 fully saturated rings. The van der Waals surface area contributed by atoms with E-state index in [9.17, 15) is 9.90 Å². The molecule has 2 N–H and O–H groups in total. The molecule has 2 rings (SSSR count). The molecule has 1 amide bonds. The fourth-order valence-electron chi connectivity index (χ4n) is 1.75. The Morgan fingerprint density at radius 1 is 1.40 bits per heavy atom. The van der Waals surface area contributed by atoms with Gasteiger partial charge in [-0.2, -0.15) is 0 Å². The van der Waals surface area contributed by atoms with Crippen LogP contribution >= 0.6 is 11.6 Å². The summed E-state index contributed by atoms with van der Waals surface area (Å²) in [6.45, 7) is 1.61. The summed E-state index contributed by atoms with van der Waals surface area (Å²) in [5, 5.41) is 13.5. The highest BCUT2D eigenvalue weighted by atomic mass is 35.5. The van der Waals surface area contributed by atoms with Gasteiger partial charge >= 0.3 is 0 Å². The number of benzene rings is 1. The minimum absolute atomic E-state index is 0.0200. The van der Waals surface area contributed by atoms with E-state index in [-0.39, 0.29) is 12.2 Å². The van der Waals surface area contributed by atoms with Crippen LogP contribution in [0.25, 0.3) is 0 Å². The highest BCUT2D eigenvalue weighted by Gasteiger charge is 2.26. The van der Waals surface area contributed by atoms with E-state index >= 15 is 0 Å². The van der Waals surface area contributed by atoms with Crippen molar-refractivity contribution in [3.8, 4) is 0 Å². The summed E-state index contributed by atoms with van der Waals surface area (Å²) >= 11 is 6.05. The number of halogens is 1. The Balaban J connectivity index is 2.07. The highest BCUT2D eigenvalue weighted by molar-refractivity contribution is 6.31. The molecule has 0 saturated carbocycles. The third kappa shape index (κ3) is 3.31. The van der Waals surface area contributed by atoms with Crippen molar-refractivity contribution in [1.82, 2.24) is 15.3 Å². The predicted octanol–water partition coefficient (Wildman–Crippen LogP) is 1.77. The second-order valence-corrected chi connectivity index (χ2v) is 4.93. The van der Waals surface area contributed by atoms with E-state index in [1.165, 1.54) is 18.6 Å². The van der Waals surface area contributed by atoms with Crippen molar-refractivity contribution < 1.29 is 9.90 Å². The van der Waals surface area contributed by atoms with Crippen molar-refractivity contribution in [1.29, 1.82) is 0 Å². The summed E-state index contributed by atoms with van der Waals surface area (Å²) in [5.74, 6) is -0.398. The van der Waals surface area contributed by atoms with E-state index in [0.717, 1.165) is 0 Å². The zero-order chi connectivity index (χ0) is 14.6. The smallest absolute Gasteiger partial charge is 0.271 e. The van der Waals surface area contributed by atoms with Gasteiger partial charge < -0.3 is 10.4 Å². The molecule has 0 aliphatic rings. The van der Waals surface area contributed by atoms with Gasteiger partial charge in [-0.15, -0.1) is 0 Å². The molecular formula is C14H14ClN3O2. The zero-order valence-corrected chi connectivity index (χ0v) is 11.6. The first kappa shape index (κ1) is 14.4. The lowest BCUT2D eigenvalue weighted by atomic mass is 9.96. The maximum atomic E-state index is 11.8. The monoisotopic (exact) mass is 291 g/mol. The predicted molar refractivity (Wildman–Crippen MR) is 75.4 cm³/mol. The Kier molecular flexibility index (Phi) is 4.32. The Morgan fingerprint density at radius 3 is 2.80 bits per heavy atom. The van der Waals surface area contributed by atoms with Gasteiger partial charge in [-0.3, -0.25) is 9.78 Å². The fraction of sp³-hybridized carbons (Fsp3) is 0.214. The molecule has 1 atom stereocenters. The lowest BCUT2D eigenvalue weighted by Gasteiger charge is -2.25. The second-order valence-electron chi connectivity index (χ2n) is 4.53. The van der Waals surface area contributed by atoms with E-state index in [2.05, 4.69) is 15.3 Å². The minimum atomic E-state index is -1.27. The summed E-state index contributed by atoms with van der Waals surface area (Å²) < 4.78 is 0. The van der Waals surface area contributed by atoms with E-state index in [4.69, 9.17) is 11.6 Å². The number of hydrogen-bond donors (Lipinski definition) is 2. The molecule has 0 saturated heterocycles. The Morgan fingerprint density at radius 2 is 2.15 bits per heavy atom. The Bertz CT molecular complexity index is 602. The maximum absolute atomic E-state index is 11.8. The molecule has 1 aromatic heterocycles.